The zero-order valence-electron chi connectivity index (χ0n) is 21.8. The Morgan fingerprint density at radius 2 is 1.85 bits per heavy atom. The van der Waals surface area contributed by atoms with Crippen LogP contribution < -0.4 is 16.0 Å². The van der Waals surface area contributed by atoms with Gasteiger partial charge in [0.2, 0.25) is 0 Å². The Kier molecular flexibility index (Phi) is 8.67. The molecular formula is C28H28F3N7O2. The maximum atomic E-state index is 14.3. The Bertz CT molecular complexity index is 1530. The first-order valence-corrected chi connectivity index (χ1v) is 12.4. The van der Waals surface area contributed by atoms with Crippen molar-refractivity contribution in [2.75, 3.05) is 18.4 Å². The van der Waals surface area contributed by atoms with E-state index in [0.717, 1.165) is 5.56 Å². The quantitative estimate of drug-likeness (QED) is 0.220. The fourth-order valence-corrected chi connectivity index (χ4v) is 3.85. The molecule has 4 rings (SSSR count). The molecule has 1 amide bonds. The molecule has 1 aromatic carbocycles. The lowest BCUT2D eigenvalue weighted by molar-refractivity contribution is -0.00177. The lowest BCUT2D eigenvalue weighted by Crippen LogP contribution is -2.42. The molecule has 0 aliphatic carbocycles. The number of nitrogens with zero attached hydrogens (tertiary/aromatic N) is 4. The van der Waals surface area contributed by atoms with E-state index in [1.807, 2.05) is 6.07 Å². The van der Waals surface area contributed by atoms with E-state index in [-0.39, 0.29) is 12.1 Å². The third kappa shape index (κ3) is 6.93. The fourth-order valence-electron chi connectivity index (χ4n) is 3.85. The number of hydrogen-bond acceptors (Lipinski definition) is 7. The predicted molar refractivity (Wildman–Crippen MR) is 144 cm³/mol. The summed E-state index contributed by atoms with van der Waals surface area (Å²) in [4.78, 5) is 17.5. The van der Waals surface area contributed by atoms with E-state index in [1.54, 1.807) is 53.0 Å². The van der Waals surface area contributed by atoms with Gasteiger partial charge in [0.1, 0.15) is 12.2 Å². The van der Waals surface area contributed by atoms with Crippen LogP contribution in [-0.2, 0) is 6.54 Å². The third-order valence-corrected chi connectivity index (χ3v) is 6.11. The molecule has 1 atom stereocenters. The molecule has 12 heteroatoms. The minimum atomic E-state index is -2.44. The summed E-state index contributed by atoms with van der Waals surface area (Å²) in [7, 11) is 0. The molecule has 0 unspecified atom stereocenters. The number of benzene rings is 1. The highest BCUT2D eigenvalue weighted by Gasteiger charge is 2.27. The van der Waals surface area contributed by atoms with Crippen LogP contribution in [0.5, 0.6) is 0 Å². The lowest BCUT2D eigenvalue weighted by atomic mass is 10.0. The average Bonchev–Trinajstić information content (AvgIpc) is 3.35. The van der Waals surface area contributed by atoms with Gasteiger partial charge >= 0.3 is 0 Å². The van der Waals surface area contributed by atoms with Gasteiger partial charge in [0.05, 0.1) is 58.6 Å². The molecule has 0 saturated heterocycles. The second-order valence-electron chi connectivity index (χ2n) is 9.70. The molecule has 208 valence electrons. The monoisotopic (exact) mass is 551 g/mol. The van der Waals surface area contributed by atoms with Crippen molar-refractivity contribution in [1.82, 2.24) is 25.2 Å². The minimum Gasteiger partial charge on any atom is -0.387 e. The topological polar surface area (TPSA) is 127 Å². The largest absolute Gasteiger partial charge is 0.387 e. The number of amides is 1. The van der Waals surface area contributed by atoms with Crippen molar-refractivity contribution >= 4 is 22.8 Å². The number of hydrogen-bond donors (Lipinski definition) is 4. The van der Waals surface area contributed by atoms with Crippen LogP contribution in [0.1, 0.15) is 35.3 Å². The van der Waals surface area contributed by atoms with Gasteiger partial charge in [-0.2, -0.15) is 10.4 Å². The number of alkyl halides is 3. The number of fused-ring (bicyclic) bond motifs is 1. The fraction of sp³-hybridized carbons (Fsp3) is 0.286. The normalized spacial score (nSPS) is 12.3. The van der Waals surface area contributed by atoms with Gasteiger partial charge in [-0.1, -0.05) is 12.1 Å². The van der Waals surface area contributed by atoms with Crippen LogP contribution >= 0.6 is 0 Å². The number of nitriles is 1. The van der Waals surface area contributed by atoms with Crippen molar-refractivity contribution in [1.29, 1.82) is 5.26 Å². The molecule has 40 heavy (non-hydrogen) atoms. The summed E-state index contributed by atoms with van der Waals surface area (Å²) >= 11 is 0. The maximum Gasteiger partial charge on any atom is 0.255 e. The van der Waals surface area contributed by atoms with E-state index >= 15 is 0 Å². The van der Waals surface area contributed by atoms with Crippen molar-refractivity contribution in [2.24, 2.45) is 0 Å². The van der Waals surface area contributed by atoms with Gasteiger partial charge in [0, 0.05) is 18.4 Å². The summed E-state index contributed by atoms with van der Waals surface area (Å²) in [6.45, 7) is 2.08. The first-order valence-electron chi connectivity index (χ1n) is 12.4. The van der Waals surface area contributed by atoms with Gasteiger partial charge in [-0.25, -0.2) is 17.7 Å². The number of rotatable bonds is 11. The zero-order valence-corrected chi connectivity index (χ0v) is 21.8. The lowest BCUT2D eigenvalue weighted by Gasteiger charge is -2.22. The van der Waals surface area contributed by atoms with Crippen molar-refractivity contribution in [3.05, 3.63) is 77.6 Å². The Balaban J connectivity index is 1.63. The number of aromatic nitrogens is 3. The Labute approximate surface area is 228 Å². The number of aliphatic hydroxyl groups is 1. The molecule has 4 N–H and O–H groups in total. The smallest absolute Gasteiger partial charge is 0.255 e. The first-order chi connectivity index (χ1) is 19.0. The van der Waals surface area contributed by atoms with Crippen LogP contribution in [0.4, 0.5) is 24.5 Å². The highest BCUT2D eigenvalue weighted by molar-refractivity contribution is 6.00. The molecule has 0 aliphatic rings. The number of pyridine rings is 1. The van der Waals surface area contributed by atoms with E-state index in [0.29, 0.717) is 33.8 Å². The van der Waals surface area contributed by atoms with Crippen LogP contribution in [0.25, 0.3) is 16.9 Å². The molecule has 0 radical (unpaired) electrons. The molecule has 9 nitrogen and oxygen atoms in total. The molecule has 0 bridgehead atoms. The van der Waals surface area contributed by atoms with Crippen molar-refractivity contribution in [3.63, 3.8) is 0 Å². The summed E-state index contributed by atoms with van der Waals surface area (Å²) in [6.07, 6.45) is -1.34. The second-order valence-corrected chi connectivity index (χ2v) is 9.70. The zero-order chi connectivity index (χ0) is 28.9. The van der Waals surface area contributed by atoms with E-state index in [1.165, 1.54) is 26.2 Å². The number of nitrogens with one attached hydrogen (secondary N) is 3. The Morgan fingerprint density at radius 3 is 2.52 bits per heavy atom. The molecule has 0 aliphatic heterocycles. The van der Waals surface area contributed by atoms with Crippen LogP contribution in [-0.4, -0.2) is 56.9 Å². The van der Waals surface area contributed by atoms with Crippen molar-refractivity contribution in [3.8, 4) is 17.5 Å². The van der Waals surface area contributed by atoms with Crippen molar-refractivity contribution < 1.29 is 23.1 Å². The van der Waals surface area contributed by atoms with Gasteiger partial charge in [-0.3, -0.25) is 9.78 Å². The SMILES string of the molecule is CC(C)(O)[C@H](F)CNC(=O)c1cnc(-c2ccc3cc(C#N)cnn23)cc1Nc1ccc(CNCC(F)F)cc1. The molecular weight excluding hydrogens is 523 g/mol. The Morgan fingerprint density at radius 1 is 1.10 bits per heavy atom. The predicted octanol–water partition coefficient (Wildman–Crippen LogP) is 4.21. The van der Waals surface area contributed by atoms with E-state index in [2.05, 4.69) is 26.0 Å². The van der Waals surface area contributed by atoms with E-state index < -0.39 is 37.2 Å². The standard InChI is InChI=1S/C28H28F3N7O2/c1-28(2,40)25(29)15-35-27(39)21-14-34-23(24-8-7-20-9-18(11-32)13-36-38(20)24)10-22(21)37-19-5-3-17(4-6-19)12-33-16-26(30)31/h3-10,13-14,25-26,33,40H,12,15-16H2,1-2H3,(H,34,37)(H,35,39)/t25-/m1/s1. The maximum absolute atomic E-state index is 14.3. The average molecular weight is 552 g/mol. The molecule has 3 heterocycles. The van der Waals surface area contributed by atoms with Gasteiger partial charge in [0.25, 0.3) is 12.3 Å². The summed E-state index contributed by atoms with van der Waals surface area (Å²) in [5.74, 6) is -0.599. The van der Waals surface area contributed by atoms with Crippen LogP contribution in [0.2, 0.25) is 0 Å². The molecule has 0 saturated carbocycles. The Hall–Kier alpha value is -4.47. The summed E-state index contributed by atoms with van der Waals surface area (Å²) in [6, 6.07) is 16.0. The molecule has 3 aromatic heterocycles. The number of carbonyl (C=O) groups excluding carboxylic acids is 1. The van der Waals surface area contributed by atoms with Gasteiger partial charge in [0.15, 0.2) is 0 Å². The molecule has 0 spiro atoms. The summed E-state index contributed by atoms with van der Waals surface area (Å²) < 4.78 is 40.7. The van der Waals surface area contributed by atoms with Crippen molar-refractivity contribution in [2.45, 2.75) is 38.6 Å². The number of carbonyl (C=O) groups is 1. The molecule has 0 fully saturated rings. The minimum absolute atomic E-state index is 0.134. The van der Waals surface area contributed by atoms with Crippen LogP contribution in [0.3, 0.4) is 0 Å². The third-order valence-electron chi connectivity index (χ3n) is 6.11. The van der Waals surface area contributed by atoms with Gasteiger partial charge < -0.3 is 21.1 Å². The highest BCUT2D eigenvalue weighted by Crippen LogP contribution is 2.28. The first kappa shape index (κ1) is 28.5. The van der Waals surface area contributed by atoms with E-state index in [9.17, 15) is 23.1 Å². The van der Waals surface area contributed by atoms with Gasteiger partial charge in [-0.05, 0) is 55.8 Å². The highest BCUT2D eigenvalue weighted by atomic mass is 19.3. The second kappa shape index (κ2) is 12.1. The summed E-state index contributed by atoms with van der Waals surface area (Å²) in [5, 5.41) is 31.7. The van der Waals surface area contributed by atoms with Gasteiger partial charge in [-0.15, -0.1) is 0 Å². The van der Waals surface area contributed by atoms with Crippen LogP contribution in [0.15, 0.2) is 60.9 Å². The van der Waals surface area contributed by atoms with Crippen LogP contribution in [0, 0.1) is 11.3 Å². The summed E-state index contributed by atoms with van der Waals surface area (Å²) in [5.41, 5.74) is 2.46. The number of halogens is 3. The molecule has 4 aromatic rings. The van der Waals surface area contributed by atoms with E-state index in [4.69, 9.17) is 5.26 Å². The number of anilines is 2.